The minimum Gasteiger partial charge on any atom is -0.317 e. The minimum atomic E-state index is -0.704. The van der Waals surface area contributed by atoms with Crippen LogP contribution in [0.4, 0.5) is 10.1 Å². The Balaban J connectivity index is 2.21. The Hall–Kier alpha value is -1.42. The van der Waals surface area contributed by atoms with Crippen LogP contribution < -0.4 is 10.6 Å². The summed E-state index contributed by atoms with van der Waals surface area (Å²) in [6.07, 6.45) is 2.48. The fourth-order valence-corrected chi connectivity index (χ4v) is 2.10. The number of hydrogen-bond donors (Lipinski definition) is 1. The standard InChI is InChI=1S/C13H17FN2O/c1-2-16(11-6-4-10(14)5-7-11)12(17)13(15)8-3-9-13/h4-7H,2-3,8-9,15H2,1H3. The summed E-state index contributed by atoms with van der Waals surface area (Å²) in [4.78, 5) is 13.9. The van der Waals surface area contributed by atoms with E-state index in [0.29, 0.717) is 12.2 Å². The molecule has 1 aromatic carbocycles. The fraction of sp³-hybridized carbons (Fsp3) is 0.462. The Morgan fingerprint density at radius 3 is 2.41 bits per heavy atom. The summed E-state index contributed by atoms with van der Waals surface area (Å²) < 4.78 is 12.8. The predicted molar refractivity (Wildman–Crippen MR) is 65.2 cm³/mol. The molecule has 0 bridgehead atoms. The Morgan fingerprint density at radius 1 is 1.41 bits per heavy atom. The normalized spacial score (nSPS) is 17.4. The summed E-state index contributed by atoms with van der Waals surface area (Å²) in [6, 6.07) is 5.93. The van der Waals surface area contributed by atoms with Crippen LogP contribution in [0.1, 0.15) is 26.2 Å². The van der Waals surface area contributed by atoms with Gasteiger partial charge in [0.2, 0.25) is 5.91 Å². The topological polar surface area (TPSA) is 46.3 Å². The van der Waals surface area contributed by atoms with Gasteiger partial charge >= 0.3 is 0 Å². The first-order valence-corrected chi connectivity index (χ1v) is 5.93. The van der Waals surface area contributed by atoms with Gasteiger partial charge in [0, 0.05) is 12.2 Å². The van der Waals surface area contributed by atoms with Gasteiger partial charge in [-0.3, -0.25) is 4.79 Å². The third-order valence-corrected chi connectivity index (χ3v) is 3.37. The molecule has 1 amide bonds. The van der Waals surface area contributed by atoms with Crippen LogP contribution in [0, 0.1) is 5.82 Å². The van der Waals surface area contributed by atoms with Crippen molar-refractivity contribution in [2.24, 2.45) is 5.73 Å². The second kappa shape index (κ2) is 4.45. The molecular formula is C13H17FN2O. The fourth-order valence-electron chi connectivity index (χ4n) is 2.10. The van der Waals surface area contributed by atoms with E-state index in [2.05, 4.69) is 0 Å². The lowest BCUT2D eigenvalue weighted by Gasteiger charge is -2.40. The highest BCUT2D eigenvalue weighted by Crippen LogP contribution is 2.32. The van der Waals surface area contributed by atoms with Gasteiger partial charge in [-0.2, -0.15) is 0 Å². The van der Waals surface area contributed by atoms with E-state index in [-0.39, 0.29) is 11.7 Å². The third-order valence-electron chi connectivity index (χ3n) is 3.37. The van der Waals surface area contributed by atoms with Crippen molar-refractivity contribution in [3.63, 3.8) is 0 Å². The molecule has 0 spiro atoms. The molecule has 1 fully saturated rings. The van der Waals surface area contributed by atoms with Crippen molar-refractivity contribution in [1.82, 2.24) is 0 Å². The van der Waals surface area contributed by atoms with Gasteiger partial charge in [-0.1, -0.05) is 0 Å². The van der Waals surface area contributed by atoms with Gasteiger partial charge in [0.25, 0.3) is 0 Å². The van der Waals surface area contributed by atoms with E-state index >= 15 is 0 Å². The molecule has 1 aliphatic rings. The van der Waals surface area contributed by atoms with Gasteiger partial charge in [-0.15, -0.1) is 0 Å². The number of amides is 1. The number of anilines is 1. The van der Waals surface area contributed by atoms with Crippen LogP contribution in [0.25, 0.3) is 0 Å². The number of hydrogen-bond acceptors (Lipinski definition) is 2. The van der Waals surface area contributed by atoms with Gasteiger partial charge in [0.1, 0.15) is 5.82 Å². The van der Waals surface area contributed by atoms with Crippen molar-refractivity contribution in [2.75, 3.05) is 11.4 Å². The highest BCUT2D eigenvalue weighted by atomic mass is 19.1. The van der Waals surface area contributed by atoms with Crippen molar-refractivity contribution < 1.29 is 9.18 Å². The molecule has 0 saturated heterocycles. The number of nitrogens with two attached hydrogens (primary N) is 1. The van der Waals surface area contributed by atoms with Crippen molar-refractivity contribution >= 4 is 11.6 Å². The van der Waals surface area contributed by atoms with Gasteiger partial charge < -0.3 is 10.6 Å². The maximum Gasteiger partial charge on any atom is 0.247 e. The molecule has 1 aromatic rings. The maximum atomic E-state index is 12.8. The maximum absolute atomic E-state index is 12.8. The second-order valence-electron chi connectivity index (χ2n) is 4.54. The molecule has 17 heavy (non-hydrogen) atoms. The lowest BCUT2D eigenvalue weighted by atomic mass is 9.76. The zero-order valence-corrected chi connectivity index (χ0v) is 9.95. The molecule has 0 atom stereocenters. The van der Waals surface area contributed by atoms with E-state index < -0.39 is 5.54 Å². The van der Waals surface area contributed by atoms with E-state index in [1.165, 1.54) is 12.1 Å². The molecule has 2 N–H and O–H groups in total. The molecule has 1 saturated carbocycles. The first-order valence-electron chi connectivity index (χ1n) is 5.93. The van der Waals surface area contributed by atoms with Gasteiger partial charge in [0.15, 0.2) is 0 Å². The summed E-state index contributed by atoms with van der Waals surface area (Å²) in [5.74, 6) is -0.360. The largest absolute Gasteiger partial charge is 0.317 e. The average Bonchev–Trinajstić information content (AvgIpc) is 2.29. The molecule has 0 heterocycles. The van der Waals surface area contributed by atoms with Crippen LogP contribution >= 0.6 is 0 Å². The Bertz CT molecular complexity index is 412. The Kier molecular flexibility index (Phi) is 3.15. The summed E-state index contributed by atoms with van der Waals surface area (Å²) in [6.45, 7) is 2.44. The Labute approximate surface area is 100 Å². The SMILES string of the molecule is CCN(C(=O)C1(N)CCC1)c1ccc(F)cc1. The zero-order chi connectivity index (χ0) is 12.5. The molecule has 0 radical (unpaired) electrons. The van der Waals surface area contributed by atoms with Crippen LogP contribution in [-0.4, -0.2) is 18.0 Å². The van der Waals surface area contributed by atoms with Gasteiger partial charge in [-0.25, -0.2) is 4.39 Å². The summed E-state index contributed by atoms with van der Waals surface area (Å²) in [5, 5.41) is 0. The smallest absolute Gasteiger partial charge is 0.247 e. The number of halogens is 1. The third kappa shape index (κ3) is 2.17. The molecule has 0 aliphatic heterocycles. The minimum absolute atomic E-state index is 0.0575. The number of likely N-dealkylation sites (N-methyl/N-ethyl adjacent to an activating group) is 1. The molecule has 0 aromatic heterocycles. The van der Waals surface area contributed by atoms with E-state index in [4.69, 9.17) is 5.73 Å². The average molecular weight is 236 g/mol. The molecule has 4 heteroatoms. The van der Waals surface area contributed by atoms with Crippen LogP contribution in [0.5, 0.6) is 0 Å². The number of nitrogens with zero attached hydrogens (tertiary/aromatic N) is 1. The zero-order valence-electron chi connectivity index (χ0n) is 9.95. The molecule has 2 rings (SSSR count). The first-order chi connectivity index (χ1) is 8.07. The molecule has 3 nitrogen and oxygen atoms in total. The predicted octanol–water partition coefficient (Wildman–Crippen LogP) is 2.06. The van der Waals surface area contributed by atoms with Crippen LogP contribution in [0.2, 0.25) is 0 Å². The van der Waals surface area contributed by atoms with E-state index in [9.17, 15) is 9.18 Å². The van der Waals surface area contributed by atoms with Crippen molar-refractivity contribution in [2.45, 2.75) is 31.7 Å². The second-order valence-corrected chi connectivity index (χ2v) is 4.54. The number of carbonyl (C=O) groups excluding carboxylic acids is 1. The van der Waals surface area contributed by atoms with Gasteiger partial charge in [-0.05, 0) is 50.5 Å². The monoisotopic (exact) mass is 236 g/mol. The molecular weight excluding hydrogens is 219 g/mol. The highest BCUT2D eigenvalue weighted by molar-refractivity contribution is 6.00. The number of carbonyl (C=O) groups is 1. The number of rotatable bonds is 3. The molecule has 1 aliphatic carbocycles. The Morgan fingerprint density at radius 2 is 2.00 bits per heavy atom. The van der Waals surface area contributed by atoms with E-state index in [1.807, 2.05) is 6.92 Å². The van der Waals surface area contributed by atoms with Crippen LogP contribution in [-0.2, 0) is 4.79 Å². The lowest BCUT2D eigenvalue weighted by Crippen LogP contribution is -2.59. The molecule has 92 valence electrons. The number of benzene rings is 1. The van der Waals surface area contributed by atoms with E-state index in [0.717, 1.165) is 19.3 Å². The van der Waals surface area contributed by atoms with Crippen molar-refractivity contribution in [3.05, 3.63) is 30.1 Å². The summed E-state index contributed by atoms with van der Waals surface area (Å²) >= 11 is 0. The van der Waals surface area contributed by atoms with Crippen molar-refractivity contribution in [3.8, 4) is 0 Å². The van der Waals surface area contributed by atoms with Gasteiger partial charge in [0.05, 0.1) is 5.54 Å². The summed E-state index contributed by atoms with van der Waals surface area (Å²) in [5.41, 5.74) is 6.03. The van der Waals surface area contributed by atoms with Crippen LogP contribution in [0.15, 0.2) is 24.3 Å². The van der Waals surface area contributed by atoms with Crippen molar-refractivity contribution in [1.29, 1.82) is 0 Å². The first kappa shape index (κ1) is 12.0. The van der Waals surface area contributed by atoms with E-state index in [1.54, 1.807) is 17.0 Å². The molecule has 0 unspecified atom stereocenters. The van der Waals surface area contributed by atoms with Crippen LogP contribution in [0.3, 0.4) is 0 Å². The quantitative estimate of drug-likeness (QED) is 0.873. The summed E-state index contributed by atoms with van der Waals surface area (Å²) in [7, 11) is 0. The highest BCUT2D eigenvalue weighted by Gasteiger charge is 2.42. The lowest BCUT2D eigenvalue weighted by molar-refractivity contribution is -0.126.